The number of hydrogen-bond donors (Lipinski definition) is 1. The van der Waals surface area contributed by atoms with E-state index in [1.165, 1.54) is 0 Å². The summed E-state index contributed by atoms with van der Waals surface area (Å²) in [5, 5.41) is 0.658. The molecule has 0 heterocycles. The molecule has 1 aromatic carbocycles. The van der Waals surface area contributed by atoms with E-state index < -0.39 is 0 Å². The number of carbonyl (C=O) groups excluding carboxylic acids is 1. The van der Waals surface area contributed by atoms with Crippen LogP contribution in [0.25, 0.3) is 0 Å². The molecule has 0 fully saturated rings. The van der Waals surface area contributed by atoms with E-state index in [1.54, 1.807) is 30.1 Å². The Morgan fingerprint density at radius 2 is 2.17 bits per heavy atom. The van der Waals surface area contributed by atoms with E-state index in [-0.39, 0.29) is 11.8 Å². The first kappa shape index (κ1) is 14.9. The molecule has 0 aliphatic rings. The van der Waals surface area contributed by atoms with Crippen molar-refractivity contribution < 1.29 is 4.79 Å². The van der Waals surface area contributed by atoms with Crippen LogP contribution in [-0.2, 0) is 0 Å². The van der Waals surface area contributed by atoms with E-state index in [1.807, 2.05) is 13.8 Å². The number of carbonyl (C=O) groups is 1. The molecule has 1 aromatic rings. The molecule has 1 amide bonds. The summed E-state index contributed by atoms with van der Waals surface area (Å²) in [6.07, 6.45) is 0. The van der Waals surface area contributed by atoms with Gasteiger partial charge in [-0.2, -0.15) is 0 Å². The SMILES string of the molecule is Cc1cc(C(=O)N(C)CC(C)C(N)=S)ccc1Cl. The van der Waals surface area contributed by atoms with Gasteiger partial charge in [-0.05, 0) is 30.7 Å². The van der Waals surface area contributed by atoms with Crippen LogP contribution < -0.4 is 5.73 Å². The lowest BCUT2D eigenvalue weighted by Crippen LogP contribution is -2.35. The highest BCUT2D eigenvalue weighted by atomic mass is 35.5. The van der Waals surface area contributed by atoms with Gasteiger partial charge in [0.05, 0.1) is 4.99 Å². The predicted octanol–water partition coefficient (Wildman–Crippen LogP) is 2.64. The van der Waals surface area contributed by atoms with Crippen molar-refractivity contribution in [3.63, 3.8) is 0 Å². The Bertz CT molecular complexity index is 476. The van der Waals surface area contributed by atoms with Gasteiger partial charge in [0.15, 0.2) is 0 Å². The maximum absolute atomic E-state index is 12.2. The van der Waals surface area contributed by atoms with Crippen LogP contribution in [-0.4, -0.2) is 29.4 Å². The van der Waals surface area contributed by atoms with Crippen molar-refractivity contribution in [2.45, 2.75) is 13.8 Å². The zero-order chi connectivity index (χ0) is 13.9. The highest BCUT2D eigenvalue weighted by Gasteiger charge is 2.16. The molecule has 0 spiro atoms. The van der Waals surface area contributed by atoms with E-state index in [2.05, 4.69) is 0 Å². The number of halogens is 1. The molecular weight excluding hydrogens is 268 g/mol. The zero-order valence-corrected chi connectivity index (χ0v) is 12.3. The van der Waals surface area contributed by atoms with Gasteiger partial charge in [0, 0.05) is 30.1 Å². The van der Waals surface area contributed by atoms with Crippen LogP contribution in [0.3, 0.4) is 0 Å². The molecule has 0 saturated heterocycles. The van der Waals surface area contributed by atoms with Crippen LogP contribution >= 0.6 is 23.8 Å². The summed E-state index contributed by atoms with van der Waals surface area (Å²) >= 11 is 10.8. The quantitative estimate of drug-likeness (QED) is 0.865. The highest BCUT2D eigenvalue weighted by Crippen LogP contribution is 2.17. The van der Waals surface area contributed by atoms with E-state index in [0.717, 1.165) is 5.56 Å². The molecular formula is C13H17ClN2OS. The van der Waals surface area contributed by atoms with Crippen LogP contribution in [0.15, 0.2) is 18.2 Å². The fourth-order valence-corrected chi connectivity index (χ4v) is 1.77. The summed E-state index contributed by atoms with van der Waals surface area (Å²) in [5.41, 5.74) is 7.05. The first-order valence-corrected chi connectivity index (χ1v) is 6.42. The summed E-state index contributed by atoms with van der Waals surface area (Å²) in [7, 11) is 1.74. The van der Waals surface area contributed by atoms with Gasteiger partial charge in [-0.15, -0.1) is 0 Å². The minimum absolute atomic E-state index is 0.00217. The van der Waals surface area contributed by atoms with Gasteiger partial charge in [-0.25, -0.2) is 0 Å². The van der Waals surface area contributed by atoms with Crippen LogP contribution in [0.4, 0.5) is 0 Å². The topological polar surface area (TPSA) is 46.3 Å². The number of benzene rings is 1. The second-order valence-corrected chi connectivity index (χ2v) is 5.33. The summed E-state index contributed by atoms with van der Waals surface area (Å²) in [6, 6.07) is 5.24. The first-order valence-electron chi connectivity index (χ1n) is 5.64. The summed E-state index contributed by atoms with van der Waals surface area (Å²) in [6.45, 7) is 4.28. The Hall–Kier alpha value is -1.13. The van der Waals surface area contributed by atoms with Gasteiger partial charge >= 0.3 is 0 Å². The lowest BCUT2D eigenvalue weighted by molar-refractivity contribution is 0.0787. The molecule has 0 radical (unpaired) electrons. The molecule has 1 unspecified atom stereocenters. The minimum atomic E-state index is -0.0575. The molecule has 98 valence electrons. The van der Waals surface area contributed by atoms with E-state index in [9.17, 15) is 4.79 Å². The standard InChI is InChI=1S/C13H17ClN2OS/c1-8-6-10(4-5-11(8)14)13(17)16(3)7-9(2)12(15)18/h4-6,9H,7H2,1-3H3,(H2,15,18). The third-order valence-electron chi connectivity index (χ3n) is 2.79. The monoisotopic (exact) mass is 284 g/mol. The zero-order valence-electron chi connectivity index (χ0n) is 10.7. The fraction of sp³-hybridized carbons (Fsp3) is 0.385. The molecule has 2 N–H and O–H groups in total. The number of thiocarbonyl (C=S) groups is 1. The van der Waals surface area contributed by atoms with E-state index in [0.29, 0.717) is 22.1 Å². The van der Waals surface area contributed by atoms with E-state index in [4.69, 9.17) is 29.6 Å². The molecule has 1 atom stereocenters. The van der Waals surface area contributed by atoms with Crippen LogP contribution in [0, 0.1) is 12.8 Å². The predicted molar refractivity (Wildman–Crippen MR) is 79.1 cm³/mol. The molecule has 0 saturated carbocycles. The lowest BCUT2D eigenvalue weighted by Gasteiger charge is -2.21. The Kier molecular flexibility index (Phi) is 5.11. The summed E-state index contributed by atoms with van der Waals surface area (Å²) < 4.78 is 0. The summed E-state index contributed by atoms with van der Waals surface area (Å²) in [4.78, 5) is 14.2. The molecule has 0 aliphatic carbocycles. The van der Waals surface area contributed by atoms with Crippen molar-refractivity contribution in [1.82, 2.24) is 4.90 Å². The van der Waals surface area contributed by atoms with Gasteiger partial charge in [0.25, 0.3) is 5.91 Å². The Morgan fingerprint density at radius 1 is 1.56 bits per heavy atom. The van der Waals surface area contributed by atoms with Crippen molar-refractivity contribution in [2.75, 3.05) is 13.6 Å². The van der Waals surface area contributed by atoms with Gasteiger partial charge in [-0.1, -0.05) is 30.7 Å². The molecule has 3 nitrogen and oxygen atoms in total. The van der Waals surface area contributed by atoms with Crippen molar-refractivity contribution in [3.05, 3.63) is 34.3 Å². The van der Waals surface area contributed by atoms with Gasteiger partial charge in [-0.3, -0.25) is 4.79 Å². The number of nitrogens with zero attached hydrogens (tertiary/aromatic N) is 1. The van der Waals surface area contributed by atoms with E-state index >= 15 is 0 Å². The summed E-state index contributed by atoms with van der Waals surface area (Å²) in [5.74, 6) is -0.0554. The van der Waals surface area contributed by atoms with Gasteiger partial charge in [0.1, 0.15) is 0 Å². The second-order valence-electron chi connectivity index (χ2n) is 4.45. The number of aryl methyl sites for hydroxylation is 1. The average molecular weight is 285 g/mol. The Morgan fingerprint density at radius 3 is 2.67 bits per heavy atom. The number of amides is 1. The van der Waals surface area contributed by atoms with Crippen LogP contribution in [0.1, 0.15) is 22.8 Å². The lowest BCUT2D eigenvalue weighted by atomic mass is 10.1. The second kappa shape index (κ2) is 6.16. The van der Waals surface area contributed by atoms with Crippen molar-refractivity contribution in [3.8, 4) is 0 Å². The minimum Gasteiger partial charge on any atom is -0.393 e. The maximum atomic E-state index is 12.2. The molecule has 0 aromatic heterocycles. The number of hydrogen-bond acceptors (Lipinski definition) is 2. The maximum Gasteiger partial charge on any atom is 0.253 e. The number of nitrogens with two attached hydrogens (primary N) is 1. The number of rotatable bonds is 4. The average Bonchev–Trinajstić information content (AvgIpc) is 2.31. The Balaban J connectivity index is 2.80. The molecule has 5 heteroatoms. The smallest absolute Gasteiger partial charge is 0.253 e. The Labute approximate surface area is 118 Å². The molecule has 1 rings (SSSR count). The van der Waals surface area contributed by atoms with Crippen molar-refractivity contribution in [1.29, 1.82) is 0 Å². The highest BCUT2D eigenvalue weighted by molar-refractivity contribution is 7.80. The first-order chi connectivity index (χ1) is 8.32. The third-order valence-corrected chi connectivity index (χ3v) is 3.61. The normalized spacial score (nSPS) is 12.0. The third kappa shape index (κ3) is 3.68. The van der Waals surface area contributed by atoms with Crippen molar-refractivity contribution >= 4 is 34.7 Å². The fourth-order valence-electron chi connectivity index (χ4n) is 1.58. The molecule has 18 heavy (non-hydrogen) atoms. The molecule has 0 aliphatic heterocycles. The van der Waals surface area contributed by atoms with Crippen molar-refractivity contribution in [2.24, 2.45) is 11.7 Å². The van der Waals surface area contributed by atoms with Crippen LogP contribution in [0.5, 0.6) is 0 Å². The largest absolute Gasteiger partial charge is 0.393 e. The van der Waals surface area contributed by atoms with Crippen LogP contribution in [0.2, 0.25) is 5.02 Å². The van der Waals surface area contributed by atoms with Gasteiger partial charge in [0.2, 0.25) is 0 Å². The van der Waals surface area contributed by atoms with Gasteiger partial charge < -0.3 is 10.6 Å². The molecule has 0 bridgehead atoms.